The van der Waals surface area contributed by atoms with Crippen molar-refractivity contribution < 1.29 is 27.1 Å². The first-order valence-corrected chi connectivity index (χ1v) is 9.93. The molecule has 3 rings (SSSR count). The van der Waals surface area contributed by atoms with Gasteiger partial charge < -0.3 is 10.5 Å². The van der Waals surface area contributed by atoms with E-state index in [9.17, 15) is 22.4 Å². The molecule has 0 saturated carbocycles. The number of amides is 2. The van der Waals surface area contributed by atoms with Crippen molar-refractivity contribution in [1.29, 1.82) is 0 Å². The van der Waals surface area contributed by atoms with Crippen LogP contribution in [0.25, 0.3) is 0 Å². The number of allylic oxidation sites excluding steroid dienone is 1. The lowest BCUT2D eigenvalue weighted by Gasteiger charge is -2.19. The van der Waals surface area contributed by atoms with Crippen LogP contribution in [-0.2, 0) is 19.4 Å². The van der Waals surface area contributed by atoms with Gasteiger partial charge in [0.2, 0.25) is 5.91 Å². The molecule has 1 aromatic rings. The summed E-state index contributed by atoms with van der Waals surface area (Å²) in [5, 5.41) is 1.12. The maximum atomic E-state index is 14.5. The Balaban J connectivity index is 1.74. The normalized spacial score (nSPS) is 24.5. The number of anilines is 1. The third kappa shape index (κ3) is 4.04. The average molecular weight is 382 g/mol. The van der Waals surface area contributed by atoms with Gasteiger partial charge in [0.25, 0.3) is 0 Å². The summed E-state index contributed by atoms with van der Waals surface area (Å²) < 4.78 is 42.6. The molecule has 0 aliphatic carbocycles. The highest BCUT2D eigenvalue weighted by atomic mass is 32.2. The zero-order valence-corrected chi connectivity index (χ0v) is 14.7. The van der Waals surface area contributed by atoms with Gasteiger partial charge in [-0.3, -0.25) is 9.69 Å². The van der Waals surface area contributed by atoms with Gasteiger partial charge >= 0.3 is 6.09 Å². The number of sulfone groups is 1. The summed E-state index contributed by atoms with van der Waals surface area (Å²) >= 11 is 0. The van der Waals surface area contributed by atoms with Gasteiger partial charge in [-0.1, -0.05) is 12.1 Å². The molecule has 26 heavy (non-hydrogen) atoms. The molecule has 0 bridgehead atoms. The number of nitrogens with zero attached hydrogens (tertiary/aromatic N) is 1. The van der Waals surface area contributed by atoms with Crippen molar-refractivity contribution in [2.24, 2.45) is 5.73 Å². The molecule has 2 atom stereocenters. The average Bonchev–Trinajstić information content (AvgIpc) is 2.94. The number of nitrogens with two attached hydrogens (primary N) is 1. The van der Waals surface area contributed by atoms with Crippen molar-refractivity contribution in [2.45, 2.75) is 31.3 Å². The van der Waals surface area contributed by atoms with E-state index in [2.05, 4.69) is 0 Å². The van der Waals surface area contributed by atoms with Gasteiger partial charge in [-0.05, 0) is 30.5 Å². The number of cyclic esters (lactones) is 1. The minimum atomic E-state index is -3.19. The lowest BCUT2D eigenvalue weighted by atomic mass is 9.95. The smallest absolute Gasteiger partial charge is 0.414 e. The first kappa shape index (κ1) is 18.4. The molecule has 7 nitrogen and oxygen atoms in total. The Morgan fingerprint density at radius 3 is 2.77 bits per heavy atom. The third-order valence-corrected chi connectivity index (χ3v) is 5.89. The Kier molecular flexibility index (Phi) is 4.99. The summed E-state index contributed by atoms with van der Waals surface area (Å²) in [6, 6.07) is 4.40. The molecule has 0 aromatic heterocycles. The second-order valence-corrected chi connectivity index (χ2v) is 8.42. The molecule has 0 radical (unpaired) electrons. The Morgan fingerprint density at radius 1 is 1.38 bits per heavy atom. The molecular weight excluding hydrogens is 363 g/mol. The molecule has 9 heteroatoms. The molecule has 2 aliphatic rings. The maximum Gasteiger partial charge on any atom is 0.414 e. The molecule has 1 saturated heterocycles. The van der Waals surface area contributed by atoms with E-state index in [4.69, 9.17) is 10.5 Å². The third-order valence-electron chi connectivity index (χ3n) is 4.51. The van der Waals surface area contributed by atoms with Crippen LogP contribution in [0.5, 0.6) is 0 Å². The fourth-order valence-corrected chi connectivity index (χ4v) is 4.25. The zero-order chi connectivity index (χ0) is 18.9. The van der Waals surface area contributed by atoms with Crippen LogP contribution in [0, 0.1) is 5.82 Å². The molecule has 1 aromatic carbocycles. The van der Waals surface area contributed by atoms with Crippen LogP contribution in [0.1, 0.15) is 30.7 Å². The lowest BCUT2D eigenvalue weighted by Crippen LogP contribution is -2.25. The summed E-state index contributed by atoms with van der Waals surface area (Å²) in [4.78, 5) is 24.1. The summed E-state index contributed by atoms with van der Waals surface area (Å²) in [5.74, 6) is -1.32. The highest BCUT2D eigenvalue weighted by molar-refractivity contribution is 7.94. The van der Waals surface area contributed by atoms with Crippen LogP contribution in [0.3, 0.4) is 0 Å². The number of carbonyl (C=O) groups excluding carboxylic acids is 2. The summed E-state index contributed by atoms with van der Waals surface area (Å²) in [6.07, 6.45) is 1.16. The van der Waals surface area contributed by atoms with Gasteiger partial charge in [-0.2, -0.15) is 0 Å². The van der Waals surface area contributed by atoms with Gasteiger partial charge in [0.15, 0.2) is 9.84 Å². The topological polar surface area (TPSA) is 107 Å². The van der Waals surface area contributed by atoms with Gasteiger partial charge in [0.05, 0.1) is 18.0 Å². The van der Waals surface area contributed by atoms with E-state index in [0.29, 0.717) is 24.1 Å². The van der Waals surface area contributed by atoms with E-state index in [1.165, 1.54) is 17.0 Å². The van der Waals surface area contributed by atoms with Crippen LogP contribution < -0.4 is 10.6 Å². The quantitative estimate of drug-likeness (QED) is 0.836. The number of hydrogen-bond acceptors (Lipinski definition) is 5. The SMILES string of the molecule is NC(=O)CC[C@H]1CN(c2ccc(C3C=CS(=O)(=O)CC3)c(F)c2)C(=O)O1. The first-order chi connectivity index (χ1) is 12.2. The van der Waals surface area contributed by atoms with Crippen LogP contribution in [-0.4, -0.2) is 38.8 Å². The van der Waals surface area contributed by atoms with Crippen molar-refractivity contribution in [1.82, 2.24) is 0 Å². The molecule has 2 heterocycles. The van der Waals surface area contributed by atoms with Gasteiger partial charge in [-0.15, -0.1) is 0 Å². The first-order valence-electron chi connectivity index (χ1n) is 8.22. The molecule has 140 valence electrons. The molecular formula is C17H19FN2O5S. The standard InChI is InChI=1S/C17H19FN2O5S/c18-15-9-12(20-10-13(25-17(20)22)2-4-16(19)21)1-3-14(15)11-5-7-26(23,24)8-6-11/h1,3,5,7,9,11,13H,2,4,6,8,10H2,(H2,19,21)/t11?,13-/m0/s1. The van der Waals surface area contributed by atoms with Crippen LogP contribution >= 0.6 is 0 Å². The van der Waals surface area contributed by atoms with Crippen molar-refractivity contribution in [3.05, 3.63) is 41.1 Å². The fraction of sp³-hybridized carbons (Fsp3) is 0.412. The van der Waals surface area contributed by atoms with E-state index in [1.54, 1.807) is 12.1 Å². The molecule has 1 unspecified atom stereocenters. The lowest BCUT2D eigenvalue weighted by molar-refractivity contribution is -0.118. The highest BCUT2D eigenvalue weighted by Crippen LogP contribution is 2.32. The number of carbonyl (C=O) groups is 2. The minimum Gasteiger partial charge on any atom is -0.444 e. The van der Waals surface area contributed by atoms with Crippen molar-refractivity contribution in [3.63, 3.8) is 0 Å². The van der Waals surface area contributed by atoms with Crippen LogP contribution in [0.2, 0.25) is 0 Å². The largest absolute Gasteiger partial charge is 0.444 e. The van der Waals surface area contributed by atoms with E-state index >= 15 is 0 Å². The fourth-order valence-electron chi connectivity index (χ4n) is 3.10. The summed E-state index contributed by atoms with van der Waals surface area (Å²) in [6.45, 7) is 0.215. The Hall–Kier alpha value is -2.42. The van der Waals surface area contributed by atoms with Gasteiger partial charge in [0, 0.05) is 17.7 Å². The van der Waals surface area contributed by atoms with Crippen LogP contribution in [0.15, 0.2) is 29.7 Å². The van der Waals surface area contributed by atoms with Crippen LogP contribution in [0.4, 0.5) is 14.9 Å². The zero-order valence-electron chi connectivity index (χ0n) is 13.9. The predicted octanol–water partition coefficient (Wildman–Crippen LogP) is 1.83. The van der Waals surface area contributed by atoms with Crippen molar-refractivity contribution in [3.8, 4) is 0 Å². The number of ether oxygens (including phenoxy) is 1. The Labute approximate surface area is 150 Å². The number of primary amides is 1. The van der Waals surface area contributed by atoms with Crippen molar-refractivity contribution in [2.75, 3.05) is 17.2 Å². The van der Waals surface area contributed by atoms with Gasteiger partial charge in [0.1, 0.15) is 11.9 Å². The number of benzene rings is 1. The monoisotopic (exact) mass is 382 g/mol. The molecule has 0 spiro atoms. The van der Waals surface area contributed by atoms with E-state index in [1.807, 2.05) is 0 Å². The Bertz CT molecular complexity index is 868. The highest BCUT2D eigenvalue weighted by Gasteiger charge is 2.33. The predicted molar refractivity (Wildman–Crippen MR) is 92.7 cm³/mol. The van der Waals surface area contributed by atoms with Gasteiger partial charge in [-0.25, -0.2) is 17.6 Å². The number of halogens is 1. The van der Waals surface area contributed by atoms with E-state index in [-0.39, 0.29) is 24.6 Å². The molecule has 2 N–H and O–H groups in total. The van der Waals surface area contributed by atoms with Crippen molar-refractivity contribution >= 4 is 27.5 Å². The Morgan fingerprint density at radius 2 is 2.15 bits per heavy atom. The summed E-state index contributed by atoms with van der Waals surface area (Å²) in [7, 11) is -3.19. The summed E-state index contributed by atoms with van der Waals surface area (Å²) in [5.41, 5.74) is 5.83. The van der Waals surface area contributed by atoms with E-state index in [0.717, 1.165) is 5.41 Å². The number of hydrogen-bond donors (Lipinski definition) is 1. The second-order valence-electron chi connectivity index (χ2n) is 6.42. The van der Waals surface area contributed by atoms with E-state index < -0.39 is 33.8 Å². The molecule has 2 aliphatic heterocycles. The maximum absolute atomic E-state index is 14.5. The second kappa shape index (κ2) is 7.06. The molecule has 2 amide bonds. The minimum absolute atomic E-state index is 0.0185. The molecule has 1 fully saturated rings. The number of rotatable bonds is 5.